The van der Waals surface area contributed by atoms with Crippen molar-refractivity contribution in [3.8, 4) is 5.75 Å². The number of benzene rings is 1. The summed E-state index contributed by atoms with van der Waals surface area (Å²) in [5.41, 5.74) is 5.55. The van der Waals surface area contributed by atoms with E-state index >= 15 is 0 Å². The molecular weight excluding hydrogens is 220 g/mol. The molecule has 0 aromatic heterocycles. The molecule has 1 aromatic carbocycles. The lowest BCUT2D eigenvalue weighted by Gasteiger charge is -2.08. The van der Waals surface area contributed by atoms with Crippen LogP contribution in [0.3, 0.4) is 0 Å². The first-order chi connectivity index (χ1) is 8.02. The van der Waals surface area contributed by atoms with E-state index in [-0.39, 0.29) is 17.1 Å². The van der Waals surface area contributed by atoms with E-state index in [1.54, 1.807) is 12.1 Å². The van der Waals surface area contributed by atoms with Crippen LogP contribution in [0.5, 0.6) is 5.75 Å². The Balaban J connectivity index is 2.64. The standard InChI is InChI=1S/C12H18N2O3/c1-9(2)5-4-8-17-11-7-3-6-10(13)12(11)14(15)16/h3,6-7,9H,4-5,8,13H2,1-2H3. The number of nitro groups is 1. The smallest absolute Gasteiger partial charge is 0.333 e. The number of nitrogens with two attached hydrogens (primary N) is 1. The fourth-order valence-corrected chi connectivity index (χ4v) is 1.52. The number of nitrogens with zero attached hydrogens (tertiary/aromatic N) is 1. The molecule has 5 heteroatoms. The maximum Gasteiger partial charge on any atom is 0.333 e. The molecule has 0 spiro atoms. The number of hydrogen-bond acceptors (Lipinski definition) is 4. The topological polar surface area (TPSA) is 78.4 Å². The van der Waals surface area contributed by atoms with Gasteiger partial charge in [0.05, 0.1) is 11.5 Å². The summed E-state index contributed by atoms with van der Waals surface area (Å²) in [6, 6.07) is 4.73. The summed E-state index contributed by atoms with van der Waals surface area (Å²) in [5, 5.41) is 10.8. The van der Waals surface area contributed by atoms with Gasteiger partial charge in [-0.1, -0.05) is 19.9 Å². The molecule has 0 saturated heterocycles. The summed E-state index contributed by atoms with van der Waals surface area (Å²) in [4.78, 5) is 10.3. The molecule has 0 radical (unpaired) electrons. The molecule has 1 aromatic rings. The molecule has 1 rings (SSSR count). The van der Waals surface area contributed by atoms with Crippen LogP contribution in [-0.4, -0.2) is 11.5 Å². The summed E-state index contributed by atoms with van der Waals surface area (Å²) in [6.45, 7) is 4.73. The van der Waals surface area contributed by atoms with Gasteiger partial charge in [-0.3, -0.25) is 10.1 Å². The summed E-state index contributed by atoms with van der Waals surface area (Å²) >= 11 is 0. The van der Waals surface area contributed by atoms with Crippen LogP contribution >= 0.6 is 0 Å². The van der Waals surface area contributed by atoms with Crippen molar-refractivity contribution in [1.29, 1.82) is 0 Å². The van der Waals surface area contributed by atoms with Crippen molar-refractivity contribution in [1.82, 2.24) is 0 Å². The van der Waals surface area contributed by atoms with Gasteiger partial charge >= 0.3 is 5.69 Å². The van der Waals surface area contributed by atoms with E-state index < -0.39 is 4.92 Å². The molecule has 0 bridgehead atoms. The number of rotatable bonds is 6. The summed E-state index contributed by atoms with van der Waals surface area (Å²) in [6.07, 6.45) is 1.92. The Morgan fingerprint density at radius 3 is 2.76 bits per heavy atom. The van der Waals surface area contributed by atoms with Gasteiger partial charge in [0.2, 0.25) is 0 Å². The third kappa shape index (κ3) is 3.94. The maximum absolute atomic E-state index is 10.8. The highest BCUT2D eigenvalue weighted by atomic mass is 16.6. The predicted molar refractivity (Wildman–Crippen MR) is 67.1 cm³/mol. The fourth-order valence-electron chi connectivity index (χ4n) is 1.52. The van der Waals surface area contributed by atoms with Gasteiger partial charge in [0.15, 0.2) is 5.75 Å². The Labute approximate surface area is 101 Å². The Kier molecular flexibility index (Phi) is 4.75. The number of nitrogen functional groups attached to an aromatic ring is 1. The van der Waals surface area contributed by atoms with E-state index in [0.29, 0.717) is 12.5 Å². The van der Waals surface area contributed by atoms with Crippen molar-refractivity contribution in [2.75, 3.05) is 12.3 Å². The lowest BCUT2D eigenvalue weighted by molar-refractivity contribution is -0.384. The minimum absolute atomic E-state index is 0.136. The molecule has 0 amide bonds. The Morgan fingerprint density at radius 2 is 2.18 bits per heavy atom. The first kappa shape index (κ1) is 13.3. The van der Waals surface area contributed by atoms with Gasteiger partial charge in [0.1, 0.15) is 5.69 Å². The molecule has 0 aliphatic rings. The third-order valence-electron chi connectivity index (χ3n) is 2.40. The lowest BCUT2D eigenvalue weighted by atomic mass is 10.1. The summed E-state index contributed by atoms with van der Waals surface area (Å²) in [5.74, 6) is 0.855. The second-order valence-electron chi connectivity index (χ2n) is 4.34. The van der Waals surface area contributed by atoms with Crippen molar-refractivity contribution in [2.45, 2.75) is 26.7 Å². The van der Waals surface area contributed by atoms with Crippen LogP contribution in [-0.2, 0) is 0 Å². The van der Waals surface area contributed by atoms with E-state index in [4.69, 9.17) is 10.5 Å². The van der Waals surface area contributed by atoms with Gasteiger partial charge in [-0.2, -0.15) is 0 Å². The first-order valence-electron chi connectivity index (χ1n) is 5.68. The van der Waals surface area contributed by atoms with E-state index in [1.807, 2.05) is 0 Å². The van der Waals surface area contributed by atoms with Crippen LogP contribution in [0.4, 0.5) is 11.4 Å². The molecule has 0 aliphatic heterocycles. The predicted octanol–water partition coefficient (Wildman–Crippen LogP) is 2.99. The third-order valence-corrected chi connectivity index (χ3v) is 2.40. The van der Waals surface area contributed by atoms with E-state index in [1.165, 1.54) is 6.07 Å². The van der Waals surface area contributed by atoms with Crippen LogP contribution < -0.4 is 10.5 Å². The molecule has 2 N–H and O–H groups in total. The molecule has 94 valence electrons. The highest BCUT2D eigenvalue weighted by molar-refractivity contribution is 5.65. The SMILES string of the molecule is CC(C)CCCOc1cccc(N)c1[N+](=O)[O-]. The Hall–Kier alpha value is -1.78. The first-order valence-corrected chi connectivity index (χ1v) is 5.68. The molecule has 0 heterocycles. The van der Waals surface area contributed by atoms with Crippen molar-refractivity contribution < 1.29 is 9.66 Å². The van der Waals surface area contributed by atoms with Gasteiger partial charge in [-0.05, 0) is 30.9 Å². The van der Waals surface area contributed by atoms with Gasteiger partial charge < -0.3 is 10.5 Å². The second kappa shape index (κ2) is 6.08. The average molecular weight is 238 g/mol. The molecule has 0 atom stereocenters. The molecule has 5 nitrogen and oxygen atoms in total. The number of anilines is 1. The normalized spacial score (nSPS) is 10.5. The Bertz CT molecular complexity index is 391. The molecule has 0 fully saturated rings. The highest BCUT2D eigenvalue weighted by Crippen LogP contribution is 2.32. The number of para-hydroxylation sites is 1. The molecule has 17 heavy (non-hydrogen) atoms. The zero-order chi connectivity index (χ0) is 12.8. The van der Waals surface area contributed by atoms with E-state index in [2.05, 4.69) is 13.8 Å². The van der Waals surface area contributed by atoms with Gasteiger partial charge in [0.25, 0.3) is 0 Å². The zero-order valence-corrected chi connectivity index (χ0v) is 10.2. The van der Waals surface area contributed by atoms with Crippen molar-refractivity contribution in [2.24, 2.45) is 5.92 Å². The number of hydrogen-bond donors (Lipinski definition) is 1. The van der Waals surface area contributed by atoms with E-state index in [9.17, 15) is 10.1 Å². The van der Waals surface area contributed by atoms with Crippen LogP contribution in [0, 0.1) is 16.0 Å². The van der Waals surface area contributed by atoms with Crippen LogP contribution in [0.2, 0.25) is 0 Å². The molecule has 0 saturated carbocycles. The quantitative estimate of drug-likeness (QED) is 0.357. The van der Waals surface area contributed by atoms with Crippen LogP contribution in [0.25, 0.3) is 0 Å². The largest absolute Gasteiger partial charge is 0.487 e. The van der Waals surface area contributed by atoms with Crippen molar-refractivity contribution in [3.05, 3.63) is 28.3 Å². The van der Waals surface area contributed by atoms with Crippen molar-refractivity contribution in [3.63, 3.8) is 0 Å². The molecular formula is C12H18N2O3. The summed E-state index contributed by atoms with van der Waals surface area (Å²) in [7, 11) is 0. The van der Waals surface area contributed by atoms with Crippen LogP contribution in [0.15, 0.2) is 18.2 Å². The number of ether oxygens (including phenoxy) is 1. The highest BCUT2D eigenvalue weighted by Gasteiger charge is 2.18. The number of nitro benzene ring substituents is 1. The molecule has 0 unspecified atom stereocenters. The van der Waals surface area contributed by atoms with Crippen LogP contribution in [0.1, 0.15) is 26.7 Å². The molecule has 0 aliphatic carbocycles. The van der Waals surface area contributed by atoms with Crippen molar-refractivity contribution >= 4 is 11.4 Å². The van der Waals surface area contributed by atoms with E-state index in [0.717, 1.165) is 12.8 Å². The van der Waals surface area contributed by atoms with Gasteiger partial charge in [-0.25, -0.2) is 0 Å². The average Bonchev–Trinajstić information content (AvgIpc) is 2.23. The zero-order valence-electron chi connectivity index (χ0n) is 10.2. The summed E-state index contributed by atoms with van der Waals surface area (Å²) < 4.78 is 5.41. The maximum atomic E-state index is 10.8. The minimum atomic E-state index is -0.507. The Morgan fingerprint density at radius 1 is 1.47 bits per heavy atom. The fraction of sp³-hybridized carbons (Fsp3) is 0.500. The second-order valence-corrected chi connectivity index (χ2v) is 4.34. The lowest BCUT2D eigenvalue weighted by Crippen LogP contribution is -2.03. The van der Waals surface area contributed by atoms with Gasteiger partial charge in [0, 0.05) is 0 Å². The minimum Gasteiger partial charge on any atom is -0.487 e. The van der Waals surface area contributed by atoms with Gasteiger partial charge in [-0.15, -0.1) is 0 Å². The monoisotopic (exact) mass is 238 g/mol.